The van der Waals surface area contributed by atoms with Gasteiger partial charge in [-0.05, 0) is 26.2 Å². The second-order valence-corrected chi connectivity index (χ2v) is 3.43. The van der Waals surface area contributed by atoms with E-state index in [2.05, 4.69) is 18.9 Å². The van der Waals surface area contributed by atoms with Gasteiger partial charge in [-0.3, -0.25) is 11.3 Å². The predicted molar refractivity (Wildman–Crippen MR) is 56.3 cm³/mol. The lowest BCUT2D eigenvalue weighted by Gasteiger charge is -2.15. The summed E-state index contributed by atoms with van der Waals surface area (Å²) in [5, 5.41) is 0. The molecule has 0 heterocycles. The minimum Gasteiger partial charge on any atom is -0.380 e. The number of ether oxygens (including phenoxy) is 1. The fourth-order valence-corrected chi connectivity index (χ4v) is 1.01. The fraction of sp³-hybridized carbons (Fsp3) is 0.800. The molecule has 0 radical (unpaired) electrons. The van der Waals surface area contributed by atoms with Crippen LogP contribution in [-0.4, -0.2) is 19.3 Å². The maximum absolute atomic E-state index is 5.40. The Morgan fingerprint density at radius 3 is 2.77 bits per heavy atom. The van der Waals surface area contributed by atoms with E-state index < -0.39 is 0 Å². The van der Waals surface area contributed by atoms with Gasteiger partial charge in [0.05, 0.1) is 6.61 Å². The van der Waals surface area contributed by atoms with Crippen molar-refractivity contribution in [3.8, 4) is 0 Å². The lowest BCUT2D eigenvalue weighted by molar-refractivity contribution is 0.109. The monoisotopic (exact) mass is 186 g/mol. The van der Waals surface area contributed by atoms with Gasteiger partial charge in [-0.1, -0.05) is 12.5 Å². The number of nitrogens with one attached hydrogen (secondary N) is 1. The van der Waals surface area contributed by atoms with Crippen LogP contribution in [0.15, 0.2) is 12.2 Å². The van der Waals surface area contributed by atoms with E-state index in [0.29, 0.717) is 6.61 Å². The Morgan fingerprint density at radius 1 is 1.62 bits per heavy atom. The maximum atomic E-state index is 5.40. The van der Waals surface area contributed by atoms with Crippen molar-refractivity contribution < 1.29 is 4.74 Å². The lowest BCUT2D eigenvalue weighted by atomic mass is 10.1. The Labute approximate surface area is 81.3 Å². The average Bonchev–Trinajstić information content (AvgIpc) is 2.10. The van der Waals surface area contributed by atoms with Crippen molar-refractivity contribution in [2.24, 2.45) is 5.84 Å². The summed E-state index contributed by atoms with van der Waals surface area (Å²) in [6.45, 7) is 9.48. The van der Waals surface area contributed by atoms with Crippen LogP contribution in [0.3, 0.4) is 0 Å². The minimum absolute atomic E-state index is 0.253. The van der Waals surface area contributed by atoms with Crippen molar-refractivity contribution in [1.82, 2.24) is 5.43 Å². The molecular weight excluding hydrogens is 164 g/mol. The first kappa shape index (κ1) is 12.6. The van der Waals surface area contributed by atoms with Gasteiger partial charge in [-0.2, -0.15) is 0 Å². The smallest absolute Gasteiger partial charge is 0.0633 e. The summed E-state index contributed by atoms with van der Waals surface area (Å²) in [6.07, 6.45) is 3.05. The topological polar surface area (TPSA) is 47.3 Å². The van der Waals surface area contributed by atoms with Crippen molar-refractivity contribution in [2.45, 2.75) is 39.2 Å². The van der Waals surface area contributed by atoms with Crippen LogP contribution in [0.5, 0.6) is 0 Å². The van der Waals surface area contributed by atoms with Gasteiger partial charge in [0.1, 0.15) is 0 Å². The van der Waals surface area contributed by atoms with E-state index in [1.54, 1.807) is 0 Å². The molecule has 0 amide bonds. The van der Waals surface area contributed by atoms with E-state index in [9.17, 15) is 0 Å². The molecule has 3 N–H and O–H groups in total. The number of rotatable bonds is 8. The van der Waals surface area contributed by atoms with Gasteiger partial charge in [-0.25, -0.2) is 0 Å². The highest BCUT2D eigenvalue weighted by molar-refractivity contribution is 4.88. The van der Waals surface area contributed by atoms with E-state index >= 15 is 0 Å². The Kier molecular flexibility index (Phi) is 7.99. The zero-order chi connectivity index (χ0) is 10.1. The highest BCUT2D eigenvalue weighted by Crippen LogP contribution is 2.04. The van der Waals surface area contributed by atoms with Crippen LogP contribution in [0.1, 0.15) is 33.1 Å². The molecule has 13 heavy (non-hydrogen) atoms. The summed E-state index contributed by atoms with van der Waals surface area (Å²) in [6, 6.07) is 0.253. The van der Waals surface area contributed by atoms with Gasteiger partial charge in [0, 0.05) is 12.6 Å². The standard InChI is InChI=1S/C10H22N2O/c1-4-7-13-8-10(12-11)6-5-9(2)3/h10,12H,2,4-8,11H2,1,3H3. The Morgan fingerprint density at radius 2 is 2.31 bits per heavy atom. The Balaban J connectivity index is 3.45. The molecule has 0 saturated carbocycles. The molecule has 0 aliphatic carbocycles. The number of hydrazine groups is 1. The number of allylic oxidation sites excluding steroid dienone is 1. The number of hydrogen-bond acceptors (Lipinski definition) is 3. The summed E-state index contributed by atoms with van der Waals surface area (Å²) in [5.41, 5.74) is 3.94. The number of hydrogen-bond donors (Lipinski definition) is 2. The van der Waals surface area contributed by atoms with Crippen LogP contribution >= 0.6 is 0 Å². The summed E-state index contributed by atoms with van der Waals surface area (Å²) >= 11 is 0. The molecule has 3 nitrogen and oxygen atoms in total. The van der Waals surface area contributed by atoms with Crippen molar-refractivity contribution in [1.29, 1.82) is 0 Å². The Bertz CT molecular complexity index is 137. The highest BCUT2D eigenvalue weighted by Gasteiger charge is 2.05. The van der Waals surface area contributed by atoms with Gasteiger partial charge in [0.2, 0.25) is 0 Å². The first-order valence-corrected chi connectivity index (χ1v) is 4.89. The van der Waals surface area contributed by atoms with Crippen LogP contribution in [0.4, 0.5) is 0 Å². The highest BCUT2D eigenvalue weighted by atomic mass is 16.5. The molecule has 0 aliphatic rings. The fourth-order valence-electron chi connectivity index (χ4n) is 1.01. The van der Waals surface area contributed by atoms with Gasteiger partial charge in [-0.15, -0.1) is 6.58 Å². The van der Waals surface area contributed by atoms with Crippen LogP contribution in [0.25, 0.3) is 0 Å². The molecule has 0 aromatic carbocycles. The van der Waals surface area contributed by atoms with Gasteiger partial charge in [0.15, 0.2) is 0 Å². The number of nitrogens with two attached hydrogens (primary N) is 1. The third-order valence-corrected chi connectivity index (χ3v) is 1.82. The molecule has 0 aromatic heterocycles. The van der Waals surface area contributed by atoms with Crippen LogP contribution in [-0.2, 0) is 4.74 Å². The molecule has 0 rings (SSSR count). The minimum atomic E-state index is 0.253. The molecule has 3 heteroatoms. The summed E-state index contributed by atoms with van der Waals surface area (Å²) in [5.74, 6) is 5.38. The van der Waals surface area contributed by atoms with E-state index in [1.165, 1.54) is 5.57 Å². The van der Waals surface area contributed by atoms with Gasteiger partial charge < -0.3 is 4.74 Å². The van der Waals surface area contributed by atoms with E-state index in [-0.39, 0.29) is 6.04 Å². The average molecular weight is 186 g/mol. The summed E-state index contributed by atoms with van der Waals surface area (Å²) in [7, 11) is 0. The molecule has 0 spiro atoms. The van der Waals surface area contributed by atoms with Crippen LogP contribution in [0, 0.1) is 0 Å². The molecule has 0 aromatic rings. The van der Waals surface area contributed by atoms with Crippen LogP contribution < -0.4 is 11.3 Å². The first-order chi connectivity index (χ1) is 6.20. The third-order valence-electron chi connectivity index (χ3n) is 1.82. The first-order valence-electron chi connectivity index (χ1n) is 4.89. The van der Waals surface area contributed by atoms with Gasteiger partial charge in [0.25, 0.3) is 0 Å². The molecule has 1 unspecified atom stereocenters. The van der Waals surface area contributed by atoms with E-state index in [0.717, 1.165) is 25.9 Å². The third kappa shape index (κ3) is 7.96. The molecule has 0 bridgehead atoms. The summed E-state index contributed by atoms with van der Waals surface area (Å²) in [4.78, 5) is 0. The molecule has 1 atom stereocenters. The normalized spacial score (nSPS) is 12.8. The molecule has 0 saturated heterocycles. The van der Waals surface area contributed by atoms with Crippen molar-refractivity contribution in [3.05, 3.63) is 12.2 Å². The molecule has 0 fully saturated rings. The Hall–Kier alpha value is -0.380. The predicted octanol–water partition coefficient (Wildman–Crippen LogP) is 1.60. The lowest BCUT2D eigenvalue weighted by Crippen LogP contribution is -2.38. The second kappa shape index (κ2) is 8.23. The maximum Gasteiger partial charge on any atom is 0.0633 e. The largest absolute Gasteiger partial charge is 0.380 e. The SMILES string of the molecule is C=C(C)CCC(COCCC)NN. The van der Waals surface area contributed by atoms with Crippen molar-refractivity contribution in [3.63, 3.8) is 0 Å². The molecular formula is C10H22N2O. The zero-order valence-electron chi connectivity index (χ0n) is 8.81. The van der Waals surface area contributed by atoms with Crippen molar-refractivity contribution in [2.75, 3.05) is 13.2 Å². The molecule has 78 valence electrons. The van der Waals surface area contributed by atoms with Crippen molar-refractivity contribution >= 4 is 0 Å². The van der Waals surface area contributed by atoms with Gasteiger partial charge >= 0.3 is 0 Å². The van der Waals surface area contributed by atoms with E-state index in [4.69, 9.17) is 10.6 Å². The van der Waals surface area contributed by atoms with Crippen LogP contribution in [0.2, 0.25) is 0 Å². The molecule has 0 aliphatic heterocycles. The zero-order valence-corrected chi connectivity index (χ0v) is 8.81. The summed E-state index contributed by atoms with van der Waals surface area (Å²) < 4.78 is 5.40. The van der Waals surface area contributed by atoms with E-state index in [1.807, 2.05) is 6.92 Å². The second-order valence-electron chi connectivity index (χ2n) is 3.43. The quantitative estimate of drug-likeness (QED) is 0.262.